The fourth-order valence-corrected chi connectivity index (χ4v) is 1.70. The van der Waals surface area contributed by atoms with Crippen LogP contribution in [0.4, 0.5) is 5.69 Å². The lowest BCUT2D eigenvalue weighted by molar-refractivity contribution is -0.111. The van der Waals surface area contributed by atoms with Crippen LogP contribution in [0.15, 0.2) is 48.8 Å². The van der Waals surface area contributed by atoms with Crippen LogP contribution < -0.4 is 5.32 Å². The molecule has 0 aliphatic rings. The molecule has 1 N–H and O–H groups in total. The molecule has 0 radical (unpaired) electrons. The number of amides is 1. The van der Waals surface area contributed by atoms with Crippen LogP contribution in [-0.4, -0.2) is 10.9 Å². The molecular formula is C14H10Cl2N2O. The lowest BCUT2D eigenvalue weighted by atomic mass is 10.2. The molecule has 2 aromatic rings. The molecule has 0 spiro atoms. The van der Waals surface area contributed by atoms with Crippen molar-refractivity contribution in [1.82, 2.24) is 4.98 Å². The normalized spacial score (nSPS) is 10.6. The van der Waals surface area contributed by atoms with Crippen molar-refractivity contribution in [2.24, 2.45) is 0 Å². The van der Waals surface area contributed by atoms with Crippen molar-refractivity contribution in [2.75, 3.05) is 5.32 Å². The van der Waals surface area contributed by atoms with Gasteiger partial charge in [-0.25, -0.2) is 0 Å². The molecule has 0 bridgehead atoms. The largest absolute Gasteiger partial charge is 0.322 e. The topological polar surface area (TPSA) is 42.0 Å². The van der Waals surface area contributed by atoms with E-state index in [-0.39, 0.29) is 5.91 Å². The number of nitrogens with one attached hydrogen (secondary N) is 1. The van der Waals surface area contributed by atoms with Crippen LogP contribution >= 0.6 is 23.2 Å². The first-order chi connectivity index (χ1) is 9.15. The van der Waals surface area contributed by atoms with E-state index in [2.05, 4.69) is 10.3 Å². The van der Waals surface area contributed by atoms with Crippen LogP contribution in [0.25, 0.3) is 6.08 Å². The van der Waals surface area contributed by atoms with Crippen LogP contribution in [0, 0.1) is 0 Å². The minimum Gasteiger partial charge on any atom is -0.322 e. The Bertz CT molecular complexity index is 612. The number of hydrogen-bond donors (Lipinski definition) is 1. The Balaban J connectivity index is 2.01. The molecule has 0 aliphatic carbocycles. The Labute approximate surface area is 120 Å². The monoisotopic (exact) mass is 292 g/mol. The van der Waals surface area contributed by atoms with Gasteiger partial charge >= 0.3 is 0 Å². The number of pyridine rings is 1. The third-order valence-corrected chi connectivity index (χ3v) is 3.04. The van der Waals surface area contributed by atoms with Crippen LogP contribution in [0.2, 0.25) is 10.0 Å². The van der Waals surface area contributed by atoms with E-state index < -0.39 is 0 Å². The highest BCUT2D eigenvalue weighted by molar-refractivity contribution is 6.42. The van der Waals surface area contributed by atoms with Crippen molar-refractivity contribution in [1.29, 1.82) is 0 Å². The molecule has 96 valence electrons. The smallest absolute Gasteiger partial charge is 0.248 e. The first-order valence-electron chi connectivity index (χ1n) is 5.49. The molecule has 5 heteroatoms. The van der Waals surface area contributed by atoms with Crippen molar-refractivity contribution in [3.05, 3.63) is 64.4 Å². The fraction of sp³-hybridized carbons (Fsp3) is 0. The first kappa shape index (κ1) is 13.6. The van der Waals surface area contributed by atoms with Gasteiger partial charge in [-0.15, -0.1) is 0 Å². The van der Waals surface area contributed by atoms with E-state index in [1.807, 2.05) is 6.07 Å². The van der Waals surface area contributed by atoms with Crippen molar-refractivity contribution in [3.8, 4) is 0 Å². The second-order valence-electron chi connectivity index (χ2n) is 3.74. The maximum atomic E-state index is 11.7. The Kier molecular flexibility index (Phi) is 4.55. The Hall–Kier alpha value is -1.84. The molecule has 0 atom stereocenters. The van der Waals surface area contributed by atoms with E-state index in [1.54, 1.807) is 42.7 Å². The molecule has 0 saturated heterocycles. The molecule has 0 fully saturated rings. The zero-order valence-electron chi connectivity index (χ0n) is 9.81. The van der Waals surface area contributed by atoms with Crippen LogP contribution in [0.5, 0.6) is 0 Å². The summed E-state index contributed by atoms with van der Waals surface area (Å²) in [6, 6.07) is 8.57. The summed E-state index contributed by atoms with van der Waals surface area (Å²) in [5, 5.41) is 3.54. The van der Waals surface area contributed by atoms with Gasteiger partial charge in [-0.05, 0) is 35.9 Å². The molecular weight excluding hydrogens is 283 g/mol. The van der Waals surface area contributed by atoms with Crippen LogP contribution in [0.3, 0.4) is 0 Å². The van der Waals surface area contributed by atoms with Gasteiger partial charge in [-0.1, -0.05) is 29.3 Å². The molecule has 3 nitrogen and oxygen atoms in total. The highest BCUT2D eigenvalue weighted by atomic mass is 35.5. The Morgan fingerprint density at radius 3 is 2.74 bits per heavy atom. The fourth-order valence-electron chi connectivity index (χ4n) is 1.40. The predicted octanol–water partition coefficient (Wildman–Crippen LogP) is 4.04. The molecule has 0 saturated carbocycles. The molecule has 1 heterocycles. The summed E-state index contributed by atoms with van der Waals surface area (Å²) in [5.41, 5.74) is 1.45. The summed E-state index contributed by atoms with van der Waals surface area (Å²) >= 11 is 11.7. The summed E-state index contributed by atoms with van der Waals surface area (Å²) in [5.74, 6) is -0.248. The molecule has 1 aromatic heterocycles. The average molecular weight is 293 g/mol. The van der Waals surface area contributed by atoms with Crippen LogP contribution in [-0.2, 0) is 4.79 Å². The minimum absolute atomic E-state index is 0.248. The summed E-state index contributed by atoms with van der Waals surface area (Å²) < 4.78 is 0. The second kappa shape index (κ2) is 6.36. The van der Waals surface area contributed by atoms with E-state index in [1.165, 1.54) is 6.08 Å². The van der Waals surface area contributed by atoms with Crippen molar-refractivity contribution >= 4 is 40.9 Å². The summed E-state index contributed by atoms with van der Waals surface area (Å²) in [4.78, 5) is 15.6. The van der Waals surface area contributed by atoms with Gasteiger partial charge < -0.3 is 5.32 Å². The summed E-state index contributed by atoms with van der Waals surface area (Å²) in [6.45, 7) is 0. The summed E-state index contributed by atoms with van der Waals surface area (Å²) in [7, 11) is 0. The zero-order chi connectivity index (χ0) is 13.7. The molecule has 1 amide bonds. The number of halogens is 2. The number of benzene rings is 1. The predicted molar refractivity (Wildman–Crippen MR) is 78.4 cm³/mol. The van der Waals surface area contributed by atoms with Crippen molar-refractivity contribution in [2.45, 2.75) is 0 Å². The lowest BCUT2D eigenvalue weighted by Gasteiger charge is -2.03. The third-order valence-electron chi connectivity index (χ3n) is 2.30. The van der Waals surface area contributed by atoms with Crippen LogP contribution in [0.1, 0.15) is 5.56 Å². The number of rotatable bonds is 3. The second-order valence-corrected chi connectivity index (χ2v) is 4.55. The Morgan fingerprint density at radius 1 is 1.21 bits per heavy atom. The molecule has 0 unspecified atom stereocenters. The number of hydrogen-bond acceptors (Lipinski definition) is 2. The van der Waals surface area contributed by atoms with E-state index in [9.17, 15) is 4.79 Å². The molecule has 2 rings (SSSR count). The van der Waals surface area contributed by atoms with Gasteiger partial charge in [0.15, 0.2) is 0 Å². The highest BCUT2D eigenvalue weighted by Gasteiger charge is 2.01. The van der Waals surface area contributed by atoms with E-state index in [0.717, 1.165) is 5.56 Å². The van der Waals surface area contributed by atoms with Gasteiger partial charge in [0.25, 0.3) is 0 Å². The third kappa shape index (κ3) is 4.09. The number of carbonyl (C=O) groups excluding carboxylic acids is 1. The van der Waals surface area contributed by atoms with Gasteiger partial charge in [0, 0.05) is 24.2 Å². The van der Waals surface area contributed by atoms with Gasteiger partial charge in [0.1, 0.15) is 0 Å². The maximum absolute atomic E-state index is 11.7. The molecule has 1 aromatic carbocycles. The molecule has 0 aliphatic heterocycles. The number of nitrogens with zero attached hydrogens (tertiary/aromatic N) is 1. The number of anilines is 1. The van der Waals surface area contributed by atoms with Gasteiger partial charge in [-0.2, -0.15) is 0 Å². The zero-order valence-corrected chi connectivity index (χ0v) is 11.3. The van der Waals surface area contributed by atoms with Gasteiger partial charge in [0.2, 0.25) is 5.91 Å². The Morgan fingerprint density at radius 2 is 2.05 bits per heavy atom. The number of carbonyl (C=O) groups is 1. The molecule has 19 heavy (non-hydrogen) atoms. The average Bonchev–Trinajstić information content (AvgIpc) is 2.42. The van der Waals surface area contributed by atoms with E-state index >= 15 is 0 Å². The van der Waals surface area contributed by atoms with Crippen molar-refractivity contribution in [3.63, 3.8) is 0 Å². The van der Waals surface area contributed by atoms with E-state index in [0.29, 0.717) is 15.7 Å². The SMILES string of the molecule is O=C(/C=C/c1cccnc1)Nc1ccc(Cl)c(Cl)c1. The lowest BCUT2D eigenvalue weighted by Crippen LogP contribution is -2.07. The van der Waals surface area contributed by atoms with Gasteiger partial charge in [-0.3, -0.25) is 9.78 Å². The van der Waals surface area contributed by atoms with Crippen molar-refractivity contribution < 1.29 is 4.79 Å². The number of aromatic nitrogens is 1. The first-order valence-corrected chi connectivity index (χ1v) is 6.25. The standard InChI is InChI=1S/C14H10Cl2N2O/c15-12-5-4-11(8-13(12)16)18-14(19)6-3-10-2-1-7-17-9-10/h1-9H,(H,18,19)/b6-3+. The maximum Gasteiger partial charge on any atom is 0.248 e. The minimum atomic E-state index is -0.248. The highest BCUT2D eigenvalue weighted by Crippen LogP contribution is 2.24. The quantitative estimate of drug-likeness (QED) is 0.868. The van der Waals surface area contributed by atoms with E-state index in [4.69, 9.17) is 23.2 Å². The summed E-state index contributed by atoms with van der Waals surface area (Å²) in [6.07, 6.45) is 6.45. The van der Waals surface area contributed by atoms with Gasteiger partial charge in [0.05, 0.1) is 10.0 Å².